The molecule has 2 unspecified atom stereocenters. The molecule has 0 spiro atoms. The number of hydrogen-bond donors (Lipinski definition) is 3. The number of aliphatic hydroxyl groups is 2. The van der Waals surface area contributed by atoms with Crippen molar-refractivity contribution in [3.8, 4) is 0 Å². The maximum atomic E-state index is 12.5. The van der Waals surface area contributed by atoms with Crippen molar-refractivity contribution in [3.63, 3.8) is 0 Å². The summed E-state index contributed by atoms with van der Waals surface area (Å²) in [4.78, 5) is 24.5. The molecule has 69 heavy (non-hydrogen) atoms. The second-order valence-electron chi connectivity index (χ2n) is 21.0. The van der Waals surface area contributed by atoms with Crippen LogP contribution in [0.4, 0.5) is 0 Å². The molecule has 0 radical (unpaired) electrons. The fourth-order valence-corrected chi connectivity index (χ4v) is 9.42. The molecule has 406 valence electrons. The normalized spacial score (nSPS) is 12.8. The van der Waals surface area contributed by atoms with E-state index in [4.69, 9.17) is 4.74 Å². The minimum atomic E-state index is -0.849. The number of allylic oxidation sites excluding steroid dienone is 5. The quantitative estimate of drug-likeness (QED) is 0.0321. The van der Waals surface area contributed by atoms with Gasteiger partial charge in [0.1, 0.15) is 0 Å². The maximum absolute atomic E-state index is 12.5. The Kier molecular flexibility index (Phi) is 57.0. The van der Waals surface area contributed by atoms with E-state index in [0.717, 1.165) is 51.4 Å². The monoisotopic (exact) mass is 970 g/mol. The first-order chi connectivity index (χ1) is 34.0. The van der Waals surface area contributed by atoms with E-state index in [2.05, 4.69) is 43.5 Å². The average molecular weight is 971 g/mol. The molecule has 0 saturated heterocycles. The van der Waals surface area contributed by atoms with Gasteiger partial charge in [0.2, 0.25) is 5.91 Å². The summed E-state index contributed by atoms with van der Waals surface area (Å²) in [5, 5.41) is 23.2. The first kappa shape index (κ1) is 67.1. The summed E-state index contributed by atoms with van der Waals surface area (Å²) in [5.41, 5.74) is 0. The van der Waals surface area contributed by atoms with Gasteiger partial charge in [-0.05, 0) is 57.8 Å². The van der Waals surface area contributed by atoms with Gasteiger partial charge >= 0.3 is 5.97 Å². The van der Waals surface area contributed by atoms with E-state index in [1.165, 1.54) is 250 Å². The predicted octanol–water partition coefficient (Wildman–Crippen LogP) is 19.2. The van der Waals surface area contributed by atoms with Crippen molar-refractivity contribution in [2.24, 2.45) is 0 Å². The van der Waals surface area contributed by atoms with Crippen LogP contribution >= 0.6 is 0 Å². The number of amides is 1. The van der Waals surface area contributed by atoms with Crippen LogP contribution < -0.4 is 5.32 Å². The van der Waals surface area contributed by atoms with E-state index >= 15 is 0 Å². The molecule has 0 saturated carbocycles. The van der Waals surface area contributed by atoms with Crippen LogP contribution in [0.2, 0.25) is 0 Å². The molecular formula is C63H119NO5. The molecule has 1 amide bonds. The van der Waals surface area contributed by atoms with Crippen molar-refractivity contribution in [3.05, 3.63) is 36.5 Å². The maximum Gasteiger partial charge on any atom is 0.305 e. The van der Waals surface area contributed by atoms with Crippen molar-refractivity contribution in [1.82, 2.24) is 5.32 Å². The molecule has 0 aromatic carbocycles. The highest BCUT2D eigenvalue weighted by Crippen LogP contribution is 2.17. The van der Waals surface area contributed by atoms with Gasteiger partial charge < -0.3 is 20.3 Å². The highest BCUT2D eigenvalue weighted by atomic mass is 16.5. The summed E-state index contributed by atoms with van der Waals surface area (Å²) < 4.78 is 5.47. The zero-order valence-electron chi connectivity index (χ0n) is 46.3. The number of rotatable bonds is 57. The number of hydrogen-bond acceptors (Lipinski definition) is 5. The molecule has 0 fully saturated rings. The molecule has 0 aromatic rings. The van der Waals surface area contributed by atoms with Gasteiger partial charge in [-0.15, -0.1) is 0 Å². The van der Waals surface area contributed by atoms with Crippen molar-refractivity contribution >= 4 is 11.9 Å². The van der Waals surface area contributed by atoms with Crippen molar-refractivity contribution < 1.29 is 24.5 Å². The topological polar surface area (TPSA) is 95.9 Å². The third-order valence-electron chi connectivity index (χ3n) is 14.2. The number of esters is 1. The van der Waals surface area contributed by atoms with Crippen LogP contribution in [0.3, 0.4) is 0 Å². The standard InChI is InChI=1S/C63H119NO5/c1-3-5-7-9-11-13-15-17-19-20-21-22-25-28-31-35-39-43-47-51-55-61(66)60(59-65)64-62(67)56-52-48-44-40-36-32-29-26-23-24-27-30-34-38-42-46-50-54-58-69-63(68)57-53-49-45-41-37-33-18-16-14-12-10-8-6-4-2/h10,12,16,18,51,55,60-61,65-66H,3-9,11,13-15,17,19-50,52-54,56-59H2,1-2H3,(H,64,67)/b12-10-,18-16-,55-51+. The number of nitrogens with one attached hydrogen (secondary N) is 1. The molecule has 6 heteroatoms. The van der Waals surface area contributed by atoms with Crippen LogP contribution in [0.15, 0.2) is 36.5 Å². The van der Waals surface area contributed by atoms with Crippen molar-refractivity contribution in [1.29, 1.82) is 0 Å². The van der Waals surface area contributed by atoms with Gasteiger partial charge in [0.15, 0.2) is 0 Å². The van der Waals surface area contributed by atoms with Crippen LogP contribution in [0.25, 0.3) is 0 Å². The van der Waals surface area contributed by atoms with E-state index in [1.807, 2.05) is 6.08 Å². The second-order valence-corrected chi connectivity index (χ2v) is 21.0. The molecule has 0 bridgehead atoms. The summed E-state index contributed by atoms with van der Waals surface area (Å²) in [6.45, 7) is 4.87. The van der Waals surface area contributed by atoms with E-state index < -0.39 is 12.1 Å². The van der Waals surface area contributed by atoms with Gasteiger partial charge in [-0.1, -0.05) is 294 Å². The Bertz CT molecular complexity index is 1120. The lowest BCUT2D eigenvalue weighted by molar-refractivity contribution is -0.143. The third kappa shape index (κ3) is 55.2. The van der Waals surface area contributed by atoms with Crippen LogP contribution in [0.5, 0.6) is 0 Å². The third-order valence-corrected chi connectivity index (χ3v) is 14.2. The van der Waals surface area contributed by atoms with E-state index in [-0.39, 0.29) is 18.5 Å². The SMILES string of the molecule is CCCC/C=C\C/C=C\CCCCCCCC(=O)OCCCCCCCCCCCCCCCCCCCCC(=O)NC(CO)C(O)/C=C/CCCCCCCCCCCCCCCCCCCC. The molecule has 0 rings (SSSR count). The minimum Gasteiger partial charge on any atom is -0.466 e. The summed E-state index contributed by atoms with van der Waals surface area (Å²) in [5.74, 6) is -0.0780. The number of carbonyl (C=O) groups excluding carboxylic acids is 2. The fourth-order valence-electron chi connectivity index (χ4n) is 9.42. The highest BCUT2D eigenvalue weighted by Gasteiger charge is 2.18. The zero-order chi connectivity index (χ0) is 50.0. The van der Waals surface area contributed by atoms with Gasteiger partial charge in [-0.3, -0.25) is 9.59 Å². The number of unbranched alkanes of at least 4 members (excludes halogenated alkanes) is 42. The van der Waals surface area contributed by atoms with Crippen LogP contribution in [0, 0.1) is 0 Å². The Morgan fingerprint density at radius 1 is 0.406 bits per heavy atom. The first-order valence-electron chi connectivity index (χ1n) is 30.8. The Morgan fingerprint density at radius 2 is 0.739 bits per heavy atom. The van der Waals surface area contributed by atoms with E-state index in [1.54, 1.807) is 6.08 Å². The summed E-state index contributed by atoms with van der Waals surface area (Å²) in [6.07, 6.45) is 73.2. The molecule has 0 aliphatic carbocycles. The van der Waals surface area contributed by atoms with Gasteiger partial charge in [0.05, 0.1) is 25.4 Å². The van der Waals surface area contributed by atoms with Gasteiger partial charge in [0, 0.05) is 12.8 Å². The van der Waals surface area contributed by atoms with Crippen LogP contribution in [0.1, 0.15) is 328 Å². The molecular weight excluding hydrogens is 851 g/mol. The Labute approximate surface area is 430 Å². The zero-order valence-corrected chi connectivity index (χ0v) is 46.3. The second kappa shape index (κ2) is 58.6. The van der Waals surface area contributed by atoms with Crippen molar-refractivity contribution in [2.45, 2.75) is 341 Å². The van der Waals surface area contributed by atoms with Crippen LogP contribution in [-0.4, -0.2) is 47.4 Å². The Morgan fingerprint density at radius 3 is 1.14 bits per heavy atom. The minimum absolute atomic E-state index is 0.00796. The summed E-state index contributed by atoms with van der Waals surface area (Å²) in [6, 6.07) is -0.632. The molecule has 2 atom stereocenters. The molecule has 6 nitrogen and oxygen atoms in total. The number of aliphatic hydroxyl groups excluding tert-OH is 2. The molecule has 0 aliphatic heterocycles. The van der Waals surface area contributed by atoms with Gasteiger partial charge in [0.25, 0.3) is 0 Å². The van der Waals surface area contributed by atoms with Gasteiger partial charge in [-0.2, -0.15) is 0 Å². The van der Waals surface area contributed by atoms with E-state index in [0.29, 0.717) is 19.4 Å². The van der Waals surface area contributed by atoms with E-state index in [9.17, 15) is 19.8 Å². The predicted molar refractivity (Wildman–Crippen MR) is 301 cm³/mol. The van der Waals surface area contributed by atoms with Gasteiger partial charge in [-0.25, -0.2) is 0 Å². The number of ether oxygens (including phenoxy) is 1. The molecule has 0 aliphatic rings. The molecule has 0 aromatic heterocycles. The Hall–Kier alpha value is -1.92. The average Bonchev–Trinajstić information content (AvgIpc) is 3.35. The fraction of sp³-hybridized carbons (Fsp3) is 0.873. The lowest BCUT2D eigenvalue weighted by Crippen LogP contribution is -2.45. The molecule has 0 heterocycles. The van der Waals surface area contributed by atoms with Crippen LogP contribution in [-0.2, 0) is 14.3 Å². The first-order valence-corrected chi connectivity index (χ1v) is 30.8. The Balaban J connectivity index is 3.45. The lowest BCUT2D eigenvalue weighted by Gasteiger charge is -2.20. The lowest BCUT2D eigenvalue weighted by atomic mass is 10.0. The largest absolute Gasteiger partial charge is 0.466 e. The summed E-state index contributed by atoms with van der Waals surface area (Å²) >= 11 is 0. The molecule has 3 N–H and O–H groups in total. The van der Waals surface area contributed by atoms with Crippen molar-refractivity contribution in [2.75, 3.05) is 13.2 Å². The number of carbonyl (C=O) groups is 2. The summed E-state index contributed by atoms with van der Waals surface area (Å²) in [7, 11) is 0. The highest BCUT2D eigenvalue weighted by molar-refractivity contribution is 5.76. The smallest absolute Gasteiger partial charge is 0.305 e.